The van der Waals surface area contributed by atoms with Gasteiger partial charge in [0.1, 0.15) is 12.0 Å². The second-order valence-electron chi connectivity index (χ2n) is 3.53. The van der Waals surface area contributed by atoms with Crippen molar-refractivity contribution in [1.29, 1.82) is 0 Å². The fraction of sp³-hybridized carbons (Fsp3) is 0.444. The van der Waals surface area contributed by atoms with Gasteiger partial charge in [0.2, 0.25) is 5.91 Å². The number of aromatic nitrogens is 2. The summed E-state index contributed by atoms with van der Waals surface area (Å²) < 4.78 is 0. The van der Waals surface area contributed by atoms with E-state index in [2.05, 4.69) is 15.3 Å². The van der Waals surface area contributed by atoms with E-state index in [1.807, 2.05) is 18.7 Å². The van der Waals surface area contributed by atoms with E-state index in [4.69, 9.17) is 0 Å². The third kappa shape index (κ3) is 1.41. The first-order valence-electron chi connectivity index (χ1n) is 4.55. The van der Waals surface area contributed by atoms with Crippen molar-refractivity contribution in [3.8, 4) is 0 Å². The highest BCUT2D eigenvalue weighted by Gasteiger charge is 2.24. The van der Waals surface area contributed by atoms with E-state index in [1.165, 1.54) is 6.33 Å². The van der Waals surface area contributed by atoms with Crippen molar-refractivity contribution in [2.45, 2.75) is 19.9 Å². The van der Waals surface area contributed by atoms with E-state index in [9.17, 15) is 4.79 Å². The van der Waals surface area contributed by atoms with Gasteiger partial charge in [0, 0.05) is 6.04 Å². The van der Waals surface area contributed by atoms with Gasteiger partial charge in [-0.3, -0.25) is 4.79 Å². The molecule has 74 valence electrons. The number of fused-ring (bicyclic) bond motifs is 1. The van der Waals surface area contributed by atoms with Crippen molar-refractivity contribution in [2.24, 2.45) is 0 Å². The van der Waals surface area contributed by atoms with Crippen LogP contribution >= 0.6 is 0 Å². The lowest BCUT2D eigenvalue weighted by atomic mass is 10.2. The van der Waals surface area contributed by atoms with Gasteiger partial charge in [0.15, 0.2) is 5.82 Å². The van der Waals surface area contributed by atoms with Gasteiger partial charge in [-0.05, 0) is 13.8 Å². The molecule has 0 atom stereocenters. The zero-order valence-electron chi connectivity index (χ0n) is 8.19. The molecule has 0 saturated carbocycles. The predicted octanol–water partition coefficient (Wildman–Crippen LogP) is 0.643. The highest BCUT2D eigenvalue weighted by molar-refractivity contribution is 6.00. The maximum Gasteiger partial charge on any atom is 0.244 e. The van der Waals surface area contributed by atoms with Crippen LogP contribution in [-0.2, 0) is 4.79 Å². The monoisotopic (exact) mass is 192 g/mol. The third-order valence-electron chi connectivity index (χ3n) is 2.17. The molecule has 5 heteroatoms. The van der Waals surface area contributed by atoms with Crippen LogP contribution in [0, 0.1) is 0 Å². The lowest BCUT2D eigenvalue weighted by Gasteiger charge is -2.32. The molecule has 1 aliphatic rings. The summed E-state index contributed by atoms with van der Waals surface area (Å²) in [7, 11) is 0. The maximum atomic E-state index is 11.3. The van der Waals surface area contributed by atoms with Gasteiger partial charge in [-0.2, -0.15) is 0 Å². The summed E-state index contributed by atoms with van der Waals surface area (Å²) in [5, 5.41) is 2.74. The quantitative estimate of drug-likeness (QED) is 0.709. The van der Waals surface area contributed by atoms with Crippen molar-refractivity contribution in [2.75, 3.05) is 16.8 Å². The second kappa shape index (κ2) is 3.25. The van der Waals surface area contributed by atoms with E-state index < -0.39 is 0 Å². The van der Waals surface area contributed by atoms with Gasteiger partial charge < -0.3 is 10.2 Å². The number of nitrogens with one attached hydrogen (secondary N) is 1. The molecule has 14 heavy (non-hydrogen) atoms. The van der Waals surface area contributed by atoms with Crippen molar-refractivity contribution in [3.63, 3.8) is 0 Å². The normalized spacial score (nSPS) is 15.4. The Kier molecular flexibility index (Phi) is 2.07. The molecule has 0 saturated heterocycles. The largest absolute Gasteiger partial charge is 0.343 e. The van der Waals surface area contributed by atoms with Crippen molar-refractivity contribution in [1.82, 2.24) is 9.97 Å². The van der Waals surface area contributed by atoms with Gasteiger partial charge in [-0.25, -0.2) is 9.97 Å². The number of nitrogens with zero attached hydrogens (tertiary/aromatic N) is 3. The topological polar surface area (TPSA) is 58.1 Å². The minimum atomic E-state index is -0.0130. The maximum absolute atomic E-state index is 11.3. The van der Waals surface area contributed by atoms with Crippen LogP contribution in [0.25, 0.3) is 0 Å². The zero-order chi connectivity index (χ0) is 10.1. The first-order chi connectivity index (χ1) is 6.68. The Morgan fingerprint density at radius 1 is 1.57 bits per heavy atom. The Hall–Kier alpha value is -1.65. The summed E-state index contributed by atoms with van der Waals surface area (Å²) in [5.74, 6) is 0.788. The number of amides is 1. The molecule has 0 spiro atoms. The number of carbonyl (C=O) groups is 1. The average molecular weight is 192 g/mol. The Balaban J connectivity index is 2.43. The van der Waals surface area contributed by atoms with E-state index in [-0.39, 0.29) is 11.9 Å². The SMILES string of the molecule is CC(C)N1CC(=O)Nc2cncnc21. The molecule has 1 N–H and O–H groups in total. The summed E-state index contributed by atoms with van der Waals surface area (Å²) in [5.41, 5.74) is 0.692. The van der Waals surface area contributed by atoms with Gasteiger partial charge in [-0.15, -0.1) is 0 Å². The molecule has 0 bridgehead atoms. The molecule has 0 unspecified atom stereocenters. The molecule has 1 aromatic heterocycles. The Morgan fingerprint density at radius 3 is 3.07 bits per heavy atom. The van der Waals surface area contributed by atoms with E-state index in [0.29, 0.717) is 12.2 Å². The van der Waals surface area contributed by atoms with E-state index in [0.717, 1.165) is 5.82 Å². The molecular weight excluding hydrogens is 180 g/mol. The fourth-order valence-corrected chi connectivity index (χ4v) is 1.49. The van der Waals surface area contributed by atoms with Crippen LogP contribution in [0.3, 0.4) is 0 Å². The van der Waals surface area contributed by atoms with Gasteiger partial charge in [0.25, 0.3) is 0 Å². The van der Waals surface area contributed by atoms with Crippen LogP contribution in [0.5, 0.6) is 0 Å². The Morgan fingerprint density at radius 2 is 2.36 bits per heavy atom. The van der Waals surface area contributed by atoms with Crippen LogP contribution in [0.2, 0.25) is 0 Å². The molecule has 0 radical (unpaired) electrons. The molecule has 0 aliphatic carbocycles. The molecule has 2 heterocycles. The number of carbonyl (C=O) groups excluding carboxylic acids is 1. The molecule has 0 fully saturated rings. The lowest BCUT2D eigenvalue weighted by Crippen LogP contribution is -2.42. The summed E-state index contributed by atoms with van der Waals surface area (Å²) in [6, 6.07) is 0.259. The van der Waals surface area contributed by atoms with E-state index in [1.54, 1.807) is 6.20 Å². The standard InChI is InChI=1S/C9H12N4O/c1-6(2)13-4-8(14)12-7-3-10-5-11-9(7)13/h3,5-6H,4H2,1-2H3,(H,12,14). The van der Waals surface area contributed by atoms with Crippen molar-refractivity contribution >= 4 is 17.4 Å². The Labute approximate surface area is 82.2 Å². The Bertz CT molecular complexity index is 364. The molecule has 1 amide bonds. The highest BCUT2D eigenvalue weighted by atomic mass is 16.2. The van der Waals surface area contributed by atoms with E-state index >= 15 is 0 Å². The zero-order valence-corrected chi connectivity index (χ0v) is 8.19. The van der Waals surface area contributed by atoms with Crippen LogP contribution in [0.4, 0.5) is 11.5 Å². The summed E-state index contributed by atoms with van der Waals surface area (Å²) in [4.78, 5) is 21.3. The minimum Gasteiger partial charge on any atom is -0.343 e. The average Bonchev–Trinajstić information content (AvgIpc) is 2.16. The summed E-state index contributed by atoms with van der Waals surface area (Å²) in [6.45, 7) is 4.43. The number of hydrogen-bond donors (Lipinski definition) is 1. The molecule has 1 aromatic rings. The van der Waals surface area contributed by atoms with Crippen LogP contribution in [0.15, 0.2) is 12.5 Å². The fourth-order valence-electron chi connectivity index (χ4n) is 1.49. The van der Waals surface area contributed by atoms with Crippen molar-refractivity contribution in [3.05, 3.63) is 12.5 Å². The second-order valence-corrected chi connectivity index (χ2v) is 3.53. The first-order valence-corrected chi connectivity index (χ1v) is 4.55. The number of hydrogen-bond acceptors (Lipinski definition) is 4. The third-order valence-corrected chi connectivity index (χ3v) is 2.17. The minimum absolute atomic E-state index is 0.0130. The number of anilines is 2. The summed E-state index contributed by atoms with van der Waals surface area (Å²) >= 11 is 0. The molecule has 5 nitrogen and oxygen atoms in total. The van der Waals surface area contributed by atoms with Gasteiger partial charge >= 0.3 is 0 Å². The van der Waals surface area contributed by atoms with Crippen LogP contribution in [0.1, 0.15) is 13.8 Å². The van der Waals surface area contributed by atoms with Crippen LogP contribution in [-0.4, -0.2) is 28.5 Å². The first kappa shape index (κ1) is 8.93. The molecule has 0 aromatic carbocycles. The smallest absolute Gasteiger partial charge is 0.244 e. The van der Waals surface area contributed by atoms with Gasteiger partial charge in [0.05, 0.1) is 12.7 Å². The predicted molar refractivity (Wildman–Crippen MR) is 53.1 cm³/mol. The number of rotatable bonds is 1. The van der Waals surface area contributed by atoms with Crippen LogP contribution < -0.4 is 10.2 Å². The lowest BCUT2D eigenvalue weighted by molar-refractivity contribution is -0.115. The highest BCUT2D eigenvalue weighted by Crippen LogP contribution is 2.26. The summed E-state index contributed by atoms with van der Waals surface area (Å²) in [6.07, 6.45) is 3.11. The molecule has 2 rings (SSSR count). The molecule has 1 aliphatic heterocycles. The van der Waals surface area contributed by atoms with Gasteiger partial charge in [-0.1, -0.05) is 0 Å². The van der Waals surface area contributed by atoms with Crippen molar-refractivity contribution < 1.29 is 4.79 Å². The molecular formula is C9H12N4O.